The lowest BCUT2D eigenvalue weighted by Gasteiger charge is -2.20. The molecular formula is C23H24O2. The number of ketones is 2. The van der Waals surface area contributed by atoms with E-state index in [1.54, 1.807) is 6.08 Å². The summed E-state index contributed by atoms with van der Waals surface area (Å²) in [7, 11) is 0. The maximum Gasteiger partial charge on any atom is 0.163 e. The van der Waals surface area contributed by atoms with Crippen LogP contribution in [-0.2, 0) is 9.59 Å². The van der Waals surface area contributed by atoms with Crippen molar-refractivity contribution in [3.05, 3.63) is 89.5 Å². The molecular weight excluding hydrogens is 308 g/mol. The molecule has 0 aliphatic rings. The molecule has 0 atom stereocenters. The van der Waals surface area contributed by atoms with Gasteiger partial charge in [-0.1, -0.05) is 86.7 Å². The van der Waals surface area contributed by atoms with Gasteiger partial charge in [0.25, 0.3) is 0 Å². The molecule has 0 N–H and O–H groups in total. The molecule has 0 amide bonds. The lowest BCUT2D eigenvalue weighted by Crippen LogP contribution is -2.13. The van der Waals surface area contributed by atoms with Crippen molar-refractivity contribution in [3.8, 4) is 0 Å². The van der Waals surface area contributed by atoms with Crippen LogP contribution in [-0.4, -0.2) is 11.6 Å². The molecule has 0 saturated heterocycles. The van der Waals surface area contributed by atoms with Crippen LogP contribution in [0.4, 0.5) is 0 Å². The maximum atomic E-state index is 11.8. The van der Waals surface area contributed by atoms with Gasteiger partial charge in [0.1, 0.15) is 0 Å². The summed E-state index contributed by atoms with van der Waals surface area (Å²) < 4.78 is 0. The molecule has 2 aromatic rings. The number of carbonyl (C=O) groups is 2. The summed E-state index contributed by atoms with van der Waals surface area (Å²) in [5.41, 5.74) is 3.08. The number of hydrogen-bond acceptors (Lipinski definition) is 2. The highest BCUT2D eigenvalue weighted by molar-refractivity contribution is 6.18. The van der Waals surface area contributed by atoms with Crippen LogP contribution in [0.2, 0.25) is 0 Å². The van der Waals surface area contributed by atoms with Gasteiger partial charge in [-0.05, 0) is 30.5 Å². The minimum absolute atomic E-state index is 0.199. The third kappa shape index (κ3) is 5.12. The highest BCUT2D eigenvalue weighted by Gasteiger charge is 2.19. The molecule has 128 valence electrons. The van der Waals surface area contributed by atoms with Gasteiger partial charge in [-0.15, -0.1) is 0 Å². The van der Waals surface area contributed by atoms with Gasteiger partial charge in [-0.2, -0.15) is 0 Å². The van der Waals surface area contributed by atoms with Crippen LogP contribution in [0.3, 0.4) is 0 Å². The van der Waals surface area contributed by atoms with Crippen LogP contribution >= 0.6 is 0 Å². The largest absolute Gasteiger partial charge is 0.294 e. The van der Waals surface area contributed by atoms with Crippen molar-refractivity contribution in [2.24, 2.45) is 5.41 Å². The van der Waals surface area contributed by atoms with Crippen LogP contribution in [0.1, 0.15) is 38.8 Å². The van der Waals surface area contributed by atoms with Crippen molar-refractivity contribution in [1.82, 2.24) is 0 Å². The van der Waals surface area contributed by atoms with E-state index in [-0.39, 0.29) is 17.1 Å². The molecule has 2 nitrogen and oxygen atoms in total. The Balaban J connectivity index is 2.59. The Bertz CT molecular complexity index is 752. The fraction of sp³-hybridized carbons (Fsp3) is 0.217. The minimum atomic E-state index is -0.451. The van der Waals surface area contributed by atoms with E-state index in [1.165, 1.54) is 13.8 Å². The number of Topliss-reactive ketones (excluding diaryl/α,β-unsaturated/α-hetero) is 2. The second kappa shape index (κ2) is 7.89. The molecule has 0 aromatic heterocycles. The van der Waals surface area contributed by atoms with E-state index < -0.39 is 5.41 Å². The molecule has 0 unspecified atom stereocenters. The van der Waals surface area contributed by atoms with E-state index in [0.717, 1.165) is 16.7 Å². The Morgan fingerprint density at radius 1 is 0.720 bits per heavy atom. The number of hydrogen-bond donors (Lipinski definition) is 0. The van der Waals surface area contributed by atoms with Crippen molar-refractivity contribution in [3.63, 3.8) is 0 Å². The number of benzene rings is 2. The Labute approximate surface area is 149 Å². The van der Waals surface area contributed by atoms with Crippen molar-refractivity contribution < 1.29 is 9.59 Å². The second-order valence-corrected chi connectivity index (χ2v) is 6.78. The molecule has 2 aromatic carbocycles. The van der Waals surface area contributed by atoms with E-state index in [2.05, 4.69) is 30.3 Å². The lowest BCUT2D eigenvalue weighted by atomic mass is 9.83. The highest BCUT2D eigenvalue weighted by atomic mass is 16.1. The molecule has 0 aliphatic heterocycles. The van der Waals surface area contributed by atoms with Gasteiger partial charge < -0.3 is 0 Å². The summed E-state index contributed by atoms with van der Waals surface area (Å²) in [4.78, 5) is 23.6. The Hall–Kier alpha value is -2.74. The van der Waals surface area contributed by atoms with Crippen LogP contribution in [0.25, 0.3) is 5.57 Å². The van der Waals surface area contributed by atoms with Gasteiger partial charge in [-0.3, -0.25) is 9.59 Å². The molecule has 0 spiro atoms. The molecule has 0 saturated carbocycles. The van der Waals surface area contributed by atoms with E-state index in [0.29, 0.717) is 0 Å². The van der Waals surface area contributed by atoms with Crippen molar-refractivity contribution >= 4 is 17.1 Å². The van der Waals surface area contributed by atoms with Crippen molar-refractivity contribution in [1.29, 1.82) is 0 Å². The Morgan fingerprint density at radius 2 is 1.12 bits per heavy atom. The van der Waals surface area contributed by atoms with Gasteiger partial charge in [0, 0.05) is 5.41 Å². The van der Waals surface area contributed by atoms with E-state index in [9.17, 15) is 9.59 Å². The summed E-state index contributed by atoms with van der Waals surface area (Å²) in [5, 5.41) is 0. The lowest BCUT2D eigenvalue weighted by molar-refractivity contribution is -0.119. The fourth-order valence-corrected chi connectivity index (χ4v) is 2.81. The standard InChI is InChI=1S/C23H24O2/c1-17(24)21(18(2)25)15-23(3,4)16-22(19-11-7-5-8-12-19)20-13-9-6-10-14-20/h5-16H,1-4H3. The first-order chi connectivity index (χ1) is 11.8. The first-order valence-electron chi connectivity index (χ1n) is 8.38. The molecule has 2 heteroatoms. The average molecular weight is 332 g/mol. The topological polar surface area (TPSA) is 34.1 Å². The van der Waals surface area contributed by atoms with Gasteiger partial charge in [0.15, 0.2) is 11.6 Å². The Kier molecular flexibility index (Phi) is 5.87. The molecule has 2 rings (SSSR count). The number of allylic oxidation sites excluding steroid dienone is 3. The van der Waals surface area contributed by atoms with Crippen LogP contribution < -0.4 is 0 Å². The van der Waals surface area contributed by atoms with E-state index in [4.69, 9.17) is 0 Å². The van der Waals surface area contributed by atoms with Gasteiger partial charge in [0.05, 0.1) is 5.57 Å². The van der Waals surface area contributed by atoms with Crippen LogP contribution in [0.15, 0.2) is 78.4 Å². The summed E-state index contributed by atoms with van der Waals surface area (Å²) in [6.07, 6.45) is 3.88. The summed E-state index contributed by atoms with van der Waals surface area (Å²) >= 11 is 0. The van der Waals surface area contributed by atoms with Crippen molar-refractivity contribution in [2.75, 3.05) is 0 Å². The maximum absolute atomic E-state index is 11.8. The second-order valence-electron chi connectivity index (χ2n) is 6.78. The molecule has 0 radical (unpaired) electrons. The minimum Gasteiger partial charge on any atom is -0.294 e. The monoisotopic (exact) mass is 332 g/mol. The van der Waals surface area contributed by atoms with E-state index >= 15 is 0 Å². The smallest absolute Gasteiger partial charge is 0.163 e. The quantitative estimate of drug-likeness (QED) is 0.411. The van der Waals surface area contributed by atoms with Gasteiger partial charge in [0.2, 0.25) is 0 Å². The first-order valence-corrected chi connectivity index (χ1v) is 8.38. The molecule has 0 aliphatic carbocycles. The molecule has 25 heavy (non-hydrogen) atoms. The molecule has 0 fully saturated rings. The number of rotatable bonds is 6. The zero-order valence-electron chi connectivity index (χ0n) is 15.2. The predicted octanol–water partition coefficient (Wildman–Crippen LogP) is 5.25. The third-order valence-corrected chi connectivity index (χ3v) is 3.96. The SMILES string of the molecule is CC(=O)C(=CC(C)(C)C=C(c1ccccc1)c1ccccc1)C(C)=O. The van der Waals surface area contributed by atoms with Gasteiger partial charge in [-0.25, -0.2) is 0 Å². The number of carbonyl (C=O) groups excluding carboxylic acids is 2. The molecule has 0 heterocycles. The summed E-state index contributed by atoms with van der Waals surface area (Å²) in [6, 6.07) is 20.3. The zero-order chi connectivity index (χ0) is 18.4. The fourth-order valence-electron chi connectivity index (χ4n) is 2.81. The van der Waals surface area contributed by atoms with Crippen LogP contribution in [0.5, 0.6) is 0 Å². The molecule has 0 bridgehead atoms. The predicted molar refractivity (Wildman–Crippen MR) is 103 cm³/mol. The normalized spacial score (nSPS) is 10.7. The first kappa shape index (κ1) is 18.6. The average Bonchev–Trinajstić information content (AvgIpc) is 2.59. The van der Waals surface area contributed by atoms with Crippen LogP contribution in [0, 0.1) is 5.41 Å². The summed E-state index contributed by atoms with van der Waals surface area (Å²) in [5.74, 6) is -0.398. The zero-order valence-corrected chi connectivity index (χ0v) is 15.2. The summed E-state index contributed by atoms with van der Waals surface area (Å²) in [6.45, 7) is 6.88. The van der Waals surface area contributed by atoms with Gasteiger partial charge >= 0.3 is 0 Å². The van der Waals surface area contributed by atoms with Crippen molar-refractivity contribution in [2.45, 2.75) is 27.7 Å². The van der Waals surface area contributed by atoms with E-state index in [1.807, 2.05) is 50.2 Å². The highest BCUT2D eigenvalue weighted by Crippen LogP contribution is 2.31. The third-order valence-electron chi connectivity index (χ3n) is 3.96. The Morgan fingerprint density at radius 3 is 1.48 bits per heavy atom.